The molecule has 7 nitrogen and oxygen atoms in total. The van der Waals surface area contributed by atoms with Crippen molar-refractivity contribution < 1.29 is 13.6 Å². The van der Waals surface area contributed by atoms with Gasteiger partial charge < -0.3 is 10.3 Å². The molecule has 0 atom stereocenters. The Morgan fingerprint density at radius 1 is 1.14 bits per heavy atom. The minimum absolute atomic E-state index is 0.121. The molecular formula is C26H27F2N5O2. The van der Waals surface area contributed by atoms with Gasteiger partial charge in [0.15, 0.2) is 0 Å². The summed E-state index contributed by atoms with van der Waals surface area (Å²) >= 11 is 0. The highest BCUT2D eigenvalue weighted by Crippen LogP contribution is 2.22. The Bertz CT molecular complexity index is 1420. The lowest BCUT2D eigenvalue weighted by molar-refractivity contribution is -0.121. The summed E-state index contributed by atoms with van der Waals surface area (Å²) < 4.78 is 28.8. The highest BCUT2D eigenvalue weighted by molar-refractivity contribution is 6.04. The number of hydrogen-bond acceptors (Lipinski definition) is 4. The largest absolute Gasteiger partial charge is 0.356 e. The van der Waals surface area contributed by atoms with E-state index >= 15 is 0 Å². The van der Waals surface area contributed by atoms with Crippen LogP contribution in [0.25, 0.3) is 21.9 Å². The Balaban J connectivity index is 1.11. The number of halogens is 2. The quantitative estimate of drug-likeness (QED) is 0.425. The molecule has 2 N–H and O–H groups in total. The normalized spacial score (nSPS) is 15.1. The molecule has 5 rings (SSSR count). The molecule has 0 bridgehead atoms. The topological polar surface area (TPSA) is 83.0 Å². The van der Waals surface area contributed by atoms with Crippen LogP contribution < -0.4 is 10.9 Å². The third-order valence-electron chi connectivity index (χ3n) is 6.76. The van der Waals surface area contributed by atoms with Crippen molar-refractivity contribution >= 4 is 27.8 Å². The third kappa shape index (κ3) is 5.09. The highest BCUT2D eigenvalue weighted by atomic mass is 19.1. The molecule has 0 unspecified atom stereocenters. The summed E-state index contributed by atoms with van der Waals surface area (Å²) in [4.78, 5) is 34.8. The van der Waals surface area contributed by atoms with E-state index in [-0.39, 0.29) is 30.2 Å². The number of rotatable bonds is 7. The molecule has 1 aliphatic rings. The first-order valence-electron chi connectivity index (χ1n) is 11.9. The first-order chi connectivity index (χ1) is 17.0. The van der Waals surface area contributed by atoms with Crippen molar-refractivity contribution in [2.45, 2.75) is 32.4 Å². The van der Waals surface area contributed by atoms with Crippen LogP contribution in [-0.2, 0) is 17.9 Å². The van der Waals surface area contributed by atoms with Gasteiger partial charge in [0.1, 0.15) is 22.7 Å². The molecule has 1 fully saturated rings. The van der Waals surface area contributed by atoms with Gasteiger partial charge in [0, 0.05) is 42.5 Å². The van der Waals surface area contributed by atoms with Gasteiger partial charge in [-0.25, -0.2) is 13.8 Å². The summed E-state index contributed by atoms with van der Waals surface area (Å²) in [6, 6.07) is 11.1. The lowest BCUT2D eigenvalue weighted by Crippen LogP contribution is -2.38. The van der Waals surface area contributed by atoms with Gasteiger partial charge in [0.25, 0.3) is 5.56 Å². The molecule has 3 heterocycles. The maximum absolute atomic E-state index is 13.9. The zero-order chi connectivity index (χ0) is 24.4. The molecule has 35 heavy (non-hydrogen) atoms. The van der Waals surface area contributed by atoms with E-state index in [2.05, 4.69) is 20.2 Å². The van der Waals surface area contributed by atoms with Gasteiger partial charge in [-0.2, -0.15) is 0 Å². The molecule has 1 amide bonds. The number of carbonyl (C=O) groups is 1. The summed E-state index contributed by atoms with van der Waals surface area (Å²) in [5.74, 6) is -0.307. The molecule has 1 saturated heterocycles. The van der Waals surface area contributed by atoms with Crippen LogP contribution in [0.2, 0.25) is 0 Å². The number of amides is 1. The average molecular weight is 480 g/mol. The highest BCUT2D eigenvalue weighted by Gasteiger charge is 2.20. The zero-order valence-corrected chi connectivity index (χ0v) is 19.3. The molecule has 0 radical (unpaired) electrons. The fourth-order valence-corrected chi connectivity index (χ4v) is 4.71. The maximum atomic E-state index is 13.9. The molecule has 9 heteroatoms. The molecule has 2 aromatic carbocycles. The van der Waals surface area contributed by atoms with Crippen LogP contribution in [0.5, 0.6) is 0 Å². The van der Waals surface area contributed by atoms with Crippen LogP contribution in [0.15, 0.2) is 53.6 Å². The summed E-state index contributed by atoms with van der Waals surface area (Å²) in [5.41, 5.74) is 1.78. The molecule has 1 aliphatic heterocycles. The van der Waals surface area contributed by atoms with Crippen molar-refractivity contribution in [3.8, 4) is 0 Å². The Labute approximate surface area is 200 Å². The van der Waals surface area contributed by atoms with Crippen molar-refractivity contribution in [2.24, 2.45) is 5.92 Å². The summed E-state index contributed by atoms with van der Waals surface area (Å²) in [7, 11) is 0. The summed E-state index contributed by atoms with van der Waals surface area (Å²) in [6.45, 7) is 3.13. The molecule has 182 valence electrons. The Kier molecular flexibility index (Phi) is 6.59. The van der Waals surface area contributed by atoms with E-state index in [1.165, 1.54) is 29.1 Å². The number of piperidine rings is 1. The van der Waals surface area contributed by atoms with Crippen LogP contribution >= 0.6 is 0 Å². The number of H-pyrrole nitrogens is 1. The van der Waals surface area contributed by atoms with Crippen LogP contribution in [0.3, 0.4) is 0 Å². The monoisotopic (exact) mass is 479 g/mol. The van der Waals surface area contributed by atoms with Crippen molar-refractivity contribution in [2.75, 3.05) is 19.6 Å². The lowest BCUT2D eigenvalue weighted by Gasteiger charge is -2.32. The predicted molar refractivity (Wildman–Crippen MR) is 130 cm³/mol. The lowest BCUT2D eigenvalue weighted by atomic mass is 9.96. The van der Waals surface area contributed by atoms with Gasteiger partial charge in [0.2, 0.25) is 5.91 Å². The number of hydrogen-bond donors (Lipinski definition) is 2. The van der Waals surface area contributed by atoms with Gasteiger partial charge in [-0.3, -0.25) is 19.1 Å². The third-order valence-corrected chi connectivity index (χ3v) is 6.76. The number of aromatic nitrogens is 3. The van der Waals surface area contributed by atoms with Crippen molar-refractivity contribution in [3.05, 3.63) is 76.3 Å². The minimum Gasteiger partial charge on any atom is -0.356 e. The van der Waals surface area contributed by atoms with Crippen molar-refractivity contribution in [1.29, 1.82) is 0 Å². The Hall–Kier alpha value is -3.59. The van der Waals surface area contributed by atoms with E-state index in [1.807, 2.05) is 12.1 Å². The second-order valence-corrected chi connectivity index (χ2v) is 9.15. The molecule has 0 saturated carbocycles. The number of likely N-dealkylation sites (tertiary alicyclic amines) is 1. The van der Waals surface area contributed by atoms with Crippen molar-refractivity contribution in [3.63, 3.8) is 0 Å². The van der Waals surface area contributed by atoms with E-state index in [9.17, 15) is 18.4 Å². The van der Waals surface area contributed by atoms with Gasteiger partial charge in [0.05, 0.1) is 6.33 Å². The summed E-state index contributed by atoms with van der Waals surface area (Å²) in [6.07, 6.45) is 3.45. The van der Waals surface area contributed by atoms with Crippen molar-refractivity contribution in [1.82, 2.24) is 24.8 Å². The summed E-state index contributed by atoms with van der Waals surface area (Å²) in [5, 5.41) is 3.54. The molecule has 4 aromatic rings. The number of aromatic amines is 1. The van der Waals surface area contributed by atoms with E-state index in [4.69, 9.17) is 0 Å². The number of benzene rings is 2. The van der Waals surface area contributed by atoms with E-state index < -0.39 is 5.82 Å². The van der Waals surface area contributed by atoms with Crippen LogP contribution in [0.1, 0.15) is 24.8 Å². The van der Waals surface area contributed by atoms with Gasteiger partial charge in [-0.15, -0.1) is 0 Å². The number of nitrogens with one attached hydrogen (secondary N) is 2. The van der Waals surface area contributed by atoms with Gasteiger partial charge in [-0.1, -0.05) is 18.2 Å². The number of aryl methyl sites for hydroxylation is 1. The van der Waals surface area contributed by atoms with E-state index in [1.54, 1.807) is 12.1 Å². The molecule has 0 aliphatic carbocycles. The van der Waals surface area contributed by atoms with Crippen LogP contribution in [0.4, 0.5) is 8.78 Å². The first kappa shape index (κ1) is 23.2. The second kappa shape index (κ2) is 9.95. The van der Waals surface area contributed by atoms with E-state index in [0.717, 1.165) is 25.9 Å². The standard InChI is InChI=1S/C26H27F2N5O2/c27-19-5-6-22-20(13-19)24-25(31-22)26(35)33(16-30-24)12-9-23(34)29-14-17-7-10-32(11-8-17)15-18-3-1-2-4-21(18)28/h1-6,13,16-17,31H,7-12,14-15H2,(H,29,34). The first-order valence-corrected chi connectivity index (χ1v) is 11.9. The second-order valence-electron chi connectivity index (χ2n) is 9.15. The fraction of sp³-hybridized carbons (Fsp3) is 0.346. The fourth-order valence-electron chi connectivity index (χ4n) is 4.71. The molecule has 2 aromatic heterocycles. The van der Waals surface area contributed by atoms with E-state index in [0.29, 0.717) is 46.5 Å². The number of nitrogens with zero attached hydrogens (tertiary/aromatic N) is 3. The minimum atomic E-state index is -0.392. The SMILES string of the molecule is O=C(CCn1cnc2c([nH]c3ccc(F)cc32)c1=O)NCC1CCN(Cc2ccccc2F)CC1. The predicted octanol–water partition coefficient (Wildman–Crippen LogP) is 3.57. The van der Waals surface area contributed by atoms with Gasteiger partial charge in [-0.05, 0) is 56.1 Å². The number of carbonyl (C=O) groups excluding carboxylic acids is 1. The molecular weight excluding hydrogens is 452 g/mol. The van der Waals surface area contributed by atoms with Gasteiger partial charge >= 0.3 is 0 Å². The number of fused-ring (bicyclic) bond motifs is 3. The maximum Gasteiger partial charge on any atom is 0.277 e. The van der Waals surface area contributed by atoms with Crippen LogP contribution in [0, 0.1) is 17.6 Å². The average Bonchev–Trinajstić information content (AvgIpc) is 3.23. The Morgan fingerprint density at radius 2 is 1.94 bits per heavy atom. The Morgan fingerprint density at radius 3 is 2.74 bits per heavy atom. The zero-order valence-electron chi connectivity index (χ0n) is 19.3. The van der Waals surface area contributed by atoms with Crippen LogP contribution in [-0.4, -0.2) is 45.0 Å². The molecule has 0 spiro atoms. The smallest absolute Gasteiger partial charge is 0.277 e.